The summed E-state index contributed by atoms with van der Waals surface area (Å²) in [6.45, 7) is 3.35. The number of para-hydroxylation sites is 1. The predicted molar refractivity (Wildman–Crippen MR) is 67.4 cm³/mol. The average molecular weight is 222 g/mol. The molecule has 0 saturated carbocycles. The van der Waals surface area contributed by atoms with E-state index in [0.717, 1.165) is 18.4 Å². The molecule has 1 rings (SSSR count). The lowest BCUT2D eigenvalue weighted by Crippen LogP contribution is -2.25. The van der Waals surface area contributed by atoms with Gasteiger partial charge in [-0.1, -0.05) is 25.1 Å². The van der Waals surface area contributed by atoms with Gasteiger partial charge in [0.05, 0.1) is 0 Å². The zero-order chi connectivity index (χ0) is 12.0. The fraction of sp³-hybridized carbons (Fsp3) is 0.538. The van der Waals surface area contributed by atoms with Crippen molar-refractivity contribution in [2.45, 2.75) is 25.7 Å². The van der Waals surface area contributed by atoms with Crippen molar-refractivity contribution < 1.29 is 5.11 Å². The Bertz CT molecular complexity index is 311. The number of aromatic hydroxyl groups is 1. The molecule has 0 amide bonds. The molecule has 3 heteroatoms. The van der Waals surface area contributed by atoms with Crippen LogP contribution in [0.25, 0.3) is 0 Å². The Kier molecular flexibility index (Phi) is 5.29. The van der Waals surface area contributed by atoms with Crippen LogP contribution >= 0.6 is 0 Å². The van der Waals surface area contributed by atoms with E-state index in [-0.39, 0.29) is 0 Å². The molecule has 0 aromatic heterocycles. The van der Waals surface area contributed by atoms with Gasteiger partial charge in [-0.2, -0.15) is 0 Å². The van der Waals surface area contributed by atoms with Gasteiger partial charge in [0.15, 0.2) is 0 Å². The topological polar surface area (TPSA) is 72.3 Å². The summed E-state index contributed by atoms with van der Waals surface area (Å²) in [6.07, 6.45) is 1.94. The van der Waals surface area contributed by atoms with Crippen LogP contribution in [-0.2, 0) is 0 Å². The minimum Gasteiger partial charge on any atom is -0.508 e. The third-order valence-electron chi connectivity index (χ3n) is 3.15. The van der Waals surface area contributed by atoms with Crippen molar-refractivity contribution in [2.24, 2.45) is 17.4 Å². The normalized spacial score (nSPS) is 13.0. The average Bonchev–Trinajstić information content (AvgIpc) is 2.32. The summed E-state index contributed by atoms with van der Waals surface area (Å²) >= 11 is 0. The van der Waals surface area contributed by atoms with Gasteiger partial charge in [-0.05, 0) is 49.4 Å². The molecular weight excluding hydrogens is 200 g/mol. The molecule has 1 aromatic rings. The molecule has 0 heterocycles. The van der Waals surface area contributed by atoms with Gasteiger partial charge in [0.2, 0.25) is 0 Å². The van der Waals surface area contributed by atoms with Crippen molar-refractivity contribution in [1.82, 2.24) is 0 Å². The van der Waals surface area contributed by atoms with E-state index in [2.05, 4.69) is 6.92 Å². The van der Waals surface area contributed by atoms with Crippen molar-refractivity contribution in [3.63, 3.8) is 0 Å². The molecule has 3 nitrogen and oxygen atoms in total. The maximum absolute atomic E-state index is 9.81. The number of phenolic OH excluding ortho intramolecular Hbond substituents is 1. The maximum Gasteiger partial charge on any atom is 0.119 e. The maximum atomic E-state index is 9.81. The van der Waals surface area contributed by atoms with E-state index in [0.29, 0.717) is 30.7 Å². The molecule has 0 radical (unpaired) electrons. The zero-order valence-corrected chi connectivity index (χ0v) is 9.89. The molecule has 0 aliphatic rings. The van der Waals surface area contributed by atoms with Crippen molar-refractivity contribution in [3.05, 3.63) is 29.8 Å². The van der Waals surface area contributed by atoms with Crippen LogP contribution in [0.3, 0.4) is 0 Å². The van der Waals surface area contributed by atoms with Crippen LogP contribution in [0.1, 0.15) is 31.2 Å². The van der Waals surface area contributed by atoms with Gasteiger partial charge in [-0.3, -0.25) is 0 Å². The fourth-order valence-corrected chi connectivity index (χ4v) is 2.04. The summed E-state index contributed by atoms with van der Waals surface area (Å²) in [7, 11) is 0. The standard InChI is InChI=1S/C13H22N2O/c1-2-11(7-10(8-14)9-15)12-5-3-4-6-13(12)16/h3-6,10-11,16H,2,7-9,14-15H2,1H3. The van der Waals surface area contributed by atoms with Crippen LogP contribution in [0, 0.1) is 5.92 Å². The summed E-state index contributed by atoms with van der Waals surface area (Å²) in [4.78, 5) is 0. The largest absolute Gasteiger partial charge is 0.508 e. The van der Waals surface area contributed by atoms with Gasteiger partial charge in [0.1, 0.15) is 5.75 Å². The molecule has 0 aliphatic carbocycles. The van der Waals surface area contributed by atoms with Gasteiger partial charge in [-0.25, -0.2) is 0 Å². The molecule has 0 saturated heterocycles. The Morgan fingerprint density at radius 2 is 1.81 bits per heavy atom. The van der Waals surface area contributed by atoms with Crippen LogP contribution < -0.4 is 11.5 Å². The summed E-state index contributed by atoms with van der Waals surface area (Å²) < 4.78 is 0. The molecule has 0 aliphatic heterocycles. The van der Waals surface area contributed by atoms with Crippen LogP contribution in [0.4, 0.5) is 0 Å². The fourth-order valence-electron chi connectivity index (χ4n) is 2.04. The highest BCUT2D eigenvalue weighted by atomic mass is 16.3. The van der Waals surface area contributed by atoms with Crippen LogP contribution in [0.15, 0.2) is 24.3 Å². The van der Waals surface area contributed by atoms with Gasteiger partial charge in [0.25, 0.3) is 0 Å². The van der Waals surface area contributed by atoms with E-state index in [4.69, 9.17) is 11.5 Å². The molecule has 1 atom stereocenters. The van der Waals surface area contributed by atoms with E-state index < -0.39 is 0 Å². The zero-order valence-electron chi connectivity index (χ0n) is 9.89. The van der Waals surface area contributed by atoms with Crippen LogP contribution in [0.2, 0.25) is 0 Å². The number of hydrogen-bond acceptors (Lipinski definition) is 3. The van der Waals surface area contributed by atoms with E-state index in [1.54, 1.807) is 6.07 Å². The number of rotatable bonds is 6. The van der Waals surface area contributed by atoms with E-state index in [1.165, 1.54) is 0 Å². The van der Waals surface area contributed by atoms with Crippen molar-refractivity contribution >= 4 is 0 Å². The summed E-state index contributed by atoms with van der Waals surface area (Å²) in [5.74, 6) is 1.06. The highest BCUT2D eigenvalue weighted by Gasteiger charge is 2.17. The quantitative estimate of drug-likeness (QED) is 0.687. The number of benzene rings is 1. The Morgan fingerprint density at radius 1 is 1.19 bits per heavy atom. The Hall–Kier alpha value is -1.06. The van der Waals surface area contributed by atoms with Crippen molar-refractivity contribution in [2.75, 3.05) is 13.1 Å². The second kappa shape index (κ2) is 6.51. The van der Waals surface area contributed by atoms with Crippen LogP contribution in [0.5, 0.6) is 5.75 Å². The highest BCUT2D eigenvalue weighted by molar-refractivity contribution is 5.34. The molecule has 16 heavy (non-hydrogen) atoms. The van der Waals surface area contributed by atoms with Crippen molar-refractivity contribution in [1.29, 1.82) is 0 Å². The van der Waals surface area contributed by atoms with Gasteiger partial charge < -0.3 is 16.6 Å². The predicted octanol–water partition coefficient (Wildman–Crippen LogP) is 1.81. The molecule has 0 fully saturated rings. The molecule has 1 unspecified atom stereocenters. The van der Waals surface area contributed by atoms with Crippen LogP contribution in [-0.4, -0.2) is 18.2 Å². The van der Waals surface area contributed by atoms with Gasteiger partial charge >= 0.3 is 0 Å². The molecule has 90 valence electrons. The molecule has 5 N–H and O–H groups in total. The number of phenols is 1. The lowest BCUT2D eigenvalue weighted by atomic mass is 9.86. The highest BCUT2D eigenvalue weighted by Crippen LogP contribution is 2.32. The minimum absolute atomic E-state index is 0.338. The first kappa shape index (κ1) is 13.0. The summed E-state index contributed by atoms with van der Waals surface area (Å²) in [6, 6.07) is 7.51. The first-order valence-electron chi connectivity index (χ1n) is 5.90. The summed E-state index contributed by atoms with van der Waals surface area (Å²) in [5.41, 5.74) is 12.3. The van der Waals surface area contributed by atoms with E-state index in [9.17, 15) is 5.11 Å². The second-order valence-corrected chi connectivity index (χ2v) is 4.24. The molecular formula is C13H22N2O. The first-order chi connectivity index (χ1) is 7.72. The van der Waals surface area contributed by atoms with E-state index in [1.807, 2.05) is 18.2 Å². The second-order valence-electron chi connectivity index (χ2n) is 4.24. The molecule has 0 bridgehead atoms. The SMILES string of the molecule is CCC(CC(CN)CN)c1ccccc1O. The molecule has 1 aromatic carbocycles. The third kappa shape index (κ3) is 3.22. The smallest absolute Gasteiger partial charge is 0.119 e. The summed E-state index contributed by atoms with van der Waals surface area (Å²) in [5, 5.41) is 9.81. The Labute approximate surface area is 97.5 Å². The number of hydrogen-bond donors (Lipinski definition) is 3. The lowest BCUT2D eigenvalue weighted by molar-refractivity contribution is 0.417. The van der Waals surface area contributed by atoms with Gasteiger partial charge in [-0.15, -0.1) is 0 Å². The van der Waals surface area contributed by atoms with Gasteiger partial charge in [0, 0.05) is 0 Å². The lowest BCUT2D eigenvalue weighted by Gasteiger charge is -2.21. The first-order valence-corrected chi connectivity index (χ1v) is 5.90. The minimum atomic E-state index is 0.338. The Morgan fingerprint density at radius 3 is 2.31 bits per heavy atom. The third-order valence-corrected chi connectivity index (χ3v) is 3.15. The Balaban J connectivity index is 2.78. The van der Waals surface area contributed by atoms with E-state index >= 15 is 0 Å². The van der Waals surface area contributed by atoms with Crippen molar-refractivity contribution in [3.8, 4) is 5.75 Å². The number of nitrogens with two attached hydrogens (primary N) is 2. The molecule has 0 spiro atoms. The monoisotopic (exact) mass is 222 g/mol.